The number of aromatic amines is 1. The van der Waals surface area contributed by atoms with Gasteiger partial charge in [0.1, 0.15) is 21.3 Å². The summed E-state index contributed by atoms with van der Waals surface area (Å²) in [6.45, 7) is 2.87. The van der Waals surface area contributed by atoms with Gasteiger partial charge in [0.15, 0.2) is 0 Å². The Morgan fingerprint density at radius 1 is 1.30 bits per heavy atom. The van der Waals surface area contributed by atoms with Crippen molar-refractivity contribution < 1.29 is 14.3 Å². The molecule has 0 aliphatic carbocycles. The molecule has 3 aromatic rings. The molecule has 0 atom stereocenters. The third-order valence-corrected chi connectivity index (χ3v) is 5.39. The number of carbonyl (C=O) groups excluding carboxylic acids is 1. The number of nitrogens with zero attached hydrogens (tertiary/aromatic N) is 2. The highest BCUT2D eigenvalue weighted by Gasteiger charge is 2.20. The lowest BCUT2D eigenvalue weighted by molar-refractivity contribution is 0.0605. The van der Waals surface area contributed by atoms with Gasteiger partial charge in [-0.15, -0.1) is 11.3 Å². The van der Waals surface area contributed by atoms with E-state index in [-0.39, 0.29) is 5.56 Å². The number of rotatable bonds is 6. The average molecular weight is 387 g/mol. The molecule has 0 saturated heterocycles. The number of ether oxygens (including phenoxy) is 2. The fourth-order valence-electron chi connectivity index (χ4n) is 2.94. The maximum absolute atomic E-state index is 12.5. The molecule has 2 aromatic heterocycles. The Morgan fingerprint density at radius 3 is 2.78 bits per heavy atom. The van der Waals surface area contributed by atoms with Crippen molar-refractivity contribution in [2.75, 3.05) is 21.3 Å². The third kappa shape index (κ3) is 4.01. The van der Waals surface area contributed by atoms with Gasteiger partial charge in [0.25, 0.3) is 5.56 Å². The van der Waals surface area contributed by atoms with E-state index in [1.807, 2.05) is 36.2 Å². The lowest BCUT2D eigenvalue weighted by atomic mass is 10.2. The first-order valence-electron chi connectivity index (χ1n) is 8.35. The smallest absolute Gasteiger partial charge is 0.348 e. The molecule has 0 amide bonds. The van der Waals surface area contributed by atoms with Crippen molar-refractivity contribution in [3.8, 4) is 5.75 Å². The number of aryl methyl sites for hydroxylation is 1. The van der Waals surface area contributed by atoms with Crippen molar-refractivity contribution in [1.82, 2.24) is 14.9 Å². The summed E-state index contributed by atoms with van der Waals surface area (Å²) in [6.07, 6.45) is 0. The van der Waals surface area contributed by atoms with Crippen molar-refractivity contribution in [2.45, 2.75) is 20.0 Å². The topological polar surface area (TPSA) is 84.5 Å². The van der Waals surface area contributed by atoms with Gasteiger partial charge in [0.2, 0.25) is 0 Å². The number of hydrogen-bond donors (Lipinski definition) is 1. The lowest BCUT2D eigenvalue weighted by Crippen LogP contribution is -2.21. The second-order valence-electron chi connectivity index (χ2n) is 6.26. The molecular formula is C19H21N3O4S. The molecule has 7 nitrogen and oxygen atoms in total. The molecule has 3 rings (SSSR count). The fourth-order valence-corrected chi connectivity index (χ4v) is 4.06. The zero-order valence-corrected chi connectivity index (χ0v) is 16.5. The molecule has 27 heavy (non-hydrogen) atoms. The first-order chi connectivity index (χ1) is 12.9. The van der Waals surface area contributed by atoms with E-state index < -0.39 is 5.97 Å². The van der Waals surface area contributed by atoms with Crippen LogP contribution in [-0.4, -0.2) is 42.1 Å². The van der Waals surface area contributed by atoms with Crippen molar-refractivity contribution in [1.29, 1.82) is 0 Å². The van der Waals surface area contributed by atoms with Crippen LogP contribution in [-0.2, 0) is 17.8 Å². The number of esters is 1. The maximum atomic E-state index is 12.5. The molecule has 8 heteroatoms. The first-order valence-corrected chi connectivity index (χ1v) is 9.16. The number of benzene rings is 1. The molecule has 0 radical (unpaired) electrons. The standard InChI is InChI=1S/C19H21N3O4S/c1-11-15-17(23)20-14(21-18(15)27-16(11)19(24)26-4)10-22(2)9-12-6-5-7-13(8-12)25-3/h5-8H,9-10H2,1-4H3,(H,20,21,23). The minimum atomic E-state index is -0.452. The summed E-state index contributed by atoms with van der Waals surface area (Å²) < 4.78 is 10.0. The maximum Gasteiger partial charge on any atom is 0.348 e. The Hall–Kier alpha value is -2.71. The highest BCUT2D eigenvalue weighted by molar-refractivity contribution is 7.20. The summed E-state index contributed by atoms with van der Waals surface area (Å²) in [7, 11) is 4.91. The van der Waals surface area contributed by atoms with Crippen LogP contribution < -0.4 is 10.3 Å². The SMILES string of the molecule is COC(=O)c1sc2nc(CN(C)Cc3cccc(OC)c3)[nH]c(=O)c2c1C. The van der Waals surface area contributed by atoms with Gasteiger partial charge >= 0.3 is 5.97 Å². The van der Waals surface area contributed by atoms with Gasteiger partial charge < -0.3 is 14.5 Å². The molecule has 0 unspecified atom stereocenters. The monoisotopic (exact) mass is 387 g/mol. The molecule has 0 fully saturated rings. The lowest BCUT2D eigenvalue weighted by Gasteiger charge is -2.16. The Bertz CT molecular complexity index is 1040. The number of hydrogen-bond acceptors (Lipinski definition) is 7. The highest BCUT2D eigenvalue weighted by Crippen LogP contribution is 2.27. The number of nitrogens with one attached hydrogen (secondary N) is 1. The summed E-state index contributed by atoms with van der Waals surface area (Å²) in [4.78, 5) is 34.7. The van der Waals surface area contributed by atoms with Crippen LogP contribution in [0.15, 0.2) is 29.1 Å². The van der Waals surface area contributed by atoms with Crippen LogP contribution >= 0.6 is 11.3 Å². The molecule has 1 aromatic carbocycles. The average Bonchev–Trinajstić information content (AvgIpc) is 2.98. The van der Waals surface area contributed by atoms with E-state index in [2.05, 4.69) is 9.97 Å². The quantitative estimate of drug-likeness (QED) is 0.655. The number of fused-ring (bicyclic) bond motifs is 1. The summed E-state index contributed by atoms with van der Waals surface area (Å²) in [5, 5.41) is 0.444. The van der Waals surface area contributed by atoms with Crippen molar-refractivity contribution in [3.05, 3.63) is 56.4 Å². The van der Waals surface area contributed by atoms with Gasteiger partial charge in [-0.25, -0.2) is 9.78 Å². The van der Waals surface area contributed by atoms with Gasteiger partial charge in [-0.2, -0.15) is 0 Å². The Morgan fingerprint density at radius 2 is 2.07 bits per heavy atom. The molecule has 1 N–H and O–H groups in total. The zero-order chi connectivity index (χ0) is 19.6. The van der Waals surface area contributed by atoms with Crippen LogP contribution in [0.1, 0.15) is 26.6 Å². The number of thiophene rings is 1. The molecule has 0 bridgehead atoms. The van der Waals surface area contributed by atoms with E-state index in [1.165, 1.54) is 18.4 Å². The van der Waals surface area contributed by atoms with E-state index >= 15 is 0 Å². The summed E-state index contributed by atoms with van der Waals surface area (Å²) >= 11 is 1.18. The summed E-state index contributed by atoms with van der Waals surface area (Å²) in [5.74, 6) is 0.903. The molecule has 0 aliphatic rings. The largest absolute Gasteiger partial charge is 0.497 e. The number of carbonyl (C=O) groups is 1. The predicted molar refractivity (Wildman–Crippen MR) is 104 cm³/mol. The van der Waals surface area contributed by atoms with Gasteiger partial charge in [-0.3, -0.25) is 9.69 Å². The van der Waals surface area contributed by atoms with Crippen molar-refractivity contribution >= 4 is 27.5 Å². The van der Waals surface area contributed by atoms with E-state index in [0.717, 1.165) is 11.3 Å². The number of aromatic nitrogens is 2. The van der Waals surface area contributed by atoms with E-state index in [0.29, 0.717) is 39.6 Å². The third-order valence-electron chi connectivity index (χ3n) is 4.23. The highest BCUT2D eigenvalue weighted by atomic mass is 32.1. The molecule has 2 heterocycles. The predicted octanol–water partition coefficient (Wildman–Crippen LogP) is 2.72. The normalized spacial score (nSPS) is 11.1. The van der Waals surface area contributed by atoms with Crippen LogP contribution in [0, 0.1) is 6.92 Å². The second kappa shape index (κ2) is 7.89. The van der Waals surface area contributed by atoms with Crippen LogP contribution in [0.4, 0.5) is 0 Å². The minimum absolute atomic E-state index is 0.242. The van der Waals surface area contributed by atoms with Gasteiger partial charge in [-0.1, -0.05) is 12.1 Å². The van der Waals surface area contributed by atoms with Crippen molar-refractivity contribution in [2.24, 2.45) is 0 Å². The Balaban J connectivity index is 1.84. The molecule has 0 saturated carbocycles. The molecule has 0 spiro atoms. The van der Waals surface area contributed by atoms with E-state index in [1.54, 1.807) is 14.0 Å². The molecule has 0 aliphatic heterocycles. The van der Waals surface area contributed by atoms with E-state index in [4.69, 9.17) is 9.47 Å². The van der Waals surface area contributed by atoms with Crippen LogP contribution in [0.3, 0.4) is 0 Å². The van der Waals surface area contributed by atoms with Gasteiger partial charge in [-0.05, 0) is 37.2 Å². The van der Waals surface area contributed by atoms with Gasteiger partial charge in [0, 0.05) is 6.54 Å². The van der Waals surface area contributed by atoms with Crippen LogP contribution in [0.5, 0.6) is 5.75 Å². The van der Waals surface area contributed by atoms with Gasteiger partial charge in [0.05, 0.1) is 26.2 Å². The molecule has 142 valence electrons. The van der Waals surface area contributed by atoms with Crippen LogP contribution in [0.2, 0.25) is 0 Å². The zero-order valence-electron chi connectivity index (χ0n) is 15.7. The number of H-pyrrole nitrogens is 1. The second-order valence-corrected chi connectivity index (χ2v) is 7.26. The summed E-state index contributed by atoms with van der Waals surface area (Å²) in [5.41, 5.74) is 1.46. The Kier molecular flexibility index (Phi) is 5.57. The molecular weight excluding hydrogens is 366 g/mol. The minimum Gasteiger partial charge on any atom is -0.497 e. The van der Waals surface area contributed by atoms with Crippen molar-refractivity contribution in [3.63, 3.8) is 0 Å². The first kappa shape index (κ1) is 19.1. The van der Waals surface area contributed by atoms with E-state index in [9.17, 15) is 9.59 Å². The summed E-state index contributed by atoms with van der Waals surface area (Å²) in [6, 6.07) is 7.83. The Labute approximate surface area is 160 Å². The number of methoxy groups -OCH3 is 2. The van der Waals surface area contributed by atoms with Crippen LogP contribution in [0.25, 0.3) is 10.2 Å². The fraction of sp³-hybridized carbons (Fsp3) is 0.316.